The van der Waals surface area contributed by atoms with E-state index in [9.17, 15) is 36.8 Å². The van der Waals surface area contributed by atoms with Crippen LogP contribution in [0.15, 0.2) is 104 Å². The van der Waals surface area contributed by atoms with Gasteiger partial charge in [-0.1, -0.05) is 47.1 Å². The van der Waals surface area contributed by atoms with Crippen LogP contribution in [-0.4, -0.2) is 64.4 Å². The van der Waals surface area contributed by atoms with Gasteiger partial charge >= 0.3 is 24.5 Å². The number of carboxylic acids is 1. The Balaban J connectivity index is 0.00000176. The summed E-state index contributed by atoms with van der Waals surface area (Å²) in [6.45, 7) is 0. The molecule has 0 aliphatic carbocycles. The van der Waals surface area contributed by atoms with E-state index in [0.29, 0.717) is 29.7 Å². The number of aromatic carboxylic acids is 1. The second-order valence-corrected chi connectivity index (χ2v) is 10.1. The van der Waals surface area contributed by atoms with Gasteiger partial charge in [-0.2, -0.15) is 12.8 Å². The number of hydrogen-bond acceptors (Lipinski definition) is 13. The quantitative estimate of drug-likeness (QED) is 0.0115. The van der Waals surface area contributed by atoms with Crippen LogP contribution in [0.1, 0.15) is 17.3 Å². The zero-order chi connectivity index (χ0) is 34.1. The first-order valence-corrected chi connectivity index (χ1v) is 14.3. The monoisotopic (exact) mass is 744 g/mol. The molecule has 0 amide bonds. The predicted molar refractivity (Wildman–Crippen MR) is 162 cm³/mol. The molecule has 0 fully saturated rings. The standard InChI is InChI=1S/C21H19N5O9S2.C4H3FN2.CH3F.Cu/c1-22-17-10-14(37(31,32)33)11-18(19(17)27)24-26-20(12-5-3-2-4-6-12)25-23-16-9-13(36-35-34-30)7-8-15(16)21(28)29;5-4-1-2-6-3-7-4;1-2;/h2-11H,1H3,(H6,22,23,24,25,26,27,28,29,30,31,32,33);1-3H;1H3;/q;;;+1. The van der Waals surface area contributed by atoms with Crippen molar-refractivity contribution < 1.29 is 69.9 Å². The van der Waals surface area contributed by atoms with Crippen LogP contribution in [0.4, 0.5) is 25.8 Å². The van der Waals surface area contributed by atoms with Gasteiger partial charge in [0, 0.05) is 29.8 Å². The van der Waals surface area contributed by atoms with E-state index >= 15 is 0 Å². The van der Waals surface area contributed by atoms with Crippen molar-refractivity contribution in [2.45, 2.75) is 9.79 Å². The van der Waals surface area contributed by atoms with Gasteiger partial charge in [-0.05, 0) is 24.3 Å². The van der Waals surface area contributed by atoms with Crippen LogP contribution in [0.2, 0.25) is 0 Å². The van der Waals surface area contributed by atoms with Gasteiger partial charge < -0.3 is 26.1 Å². The molecule has 0 unspecified atom stereocenters. The number of alkyl halides is 1. The summed E-state index contributed by atoms with van der Waals surface area (Å²) in [6.07, 6.45) is 2.51. The number of anilines is 1. The average Bonchev–Trinajstić information content (AvgIpc) is 3.05. The van der Waals surface area contributed by atoms with Crippen molar-refractivity contribution in [2.75, 3.05) is 19.5 Å². The number of amidine groups is 1. The Morgan fingerprint density at radius 3 is 2.34 bits per heavy atom. The molecule has 0 aliphatic heterocycles. The van der Waals surface area contributed by atoms with Crippen LogP contribution in [0, 0.1) is 5.95 Å². The molecule has 47 heavy (non-hydrogen) atoms. The third kappa shape index (κ3) is 13.0. The van der Waals surface area contributed by atoms with Crippen molar-refractivity contribution in [3.63, 3.8) is 0 Å². The molecule has 21 heteroatoms. The van der Waals surface area contributed by atoms with Gasteiger partial charge in [-0.3, -0.25) is 8.94 Å². The Bertz CT molecular complexity index is 1770. The van der Waals surface area contributed by atoms with Crippen LogP contribution >= 0.6 is 12.0 Å². The zero-order valence-corrected chi connectivity index (χ0v) is 26.5. The minimum atomic E-state index is -4.63. The van der Waals surface area contributed by atoms with E-state index < -0.39 is 32.7 Å². The van der Waals surface area contributed by atoms with Gasteiger partial charge in [0.15, 0.2) is 5.84 Å². The van der Waals surface area contributed by atoms with E-state index in [4.69, 9.17) is 5.26 Å². The predicted octanol–water partition coefficient (Wildman–Crippen LogP) is 6.27. The van der Waals surface area contributed by atoms with E-state index in [2.05, 4.69) is 45.4 Å². The minimum Gasteiger partial charge on any atom is -0.571 e. The number of aromatic nitrogens is 2. The molecule has 0 aliphatic rings. The number of nitrogens with zero attached hydrogens (tertiary/aromatic N) is 6. The number of benzene rings is 3. The minimum absolute atomic E-state index is 0. The first-order valence-electron chi connectivity index (χ1n) is 12.1. The van der Waals surface area contributed by atoms with Crippen molar-refractivity contribution in [3.05, 3.63) is 102 Å². The van der Waals surface area contributed by atoms with Gasteiger partial charge in [0.25, 0.3) is 10.1 Å². The molecule has 1 aromatic heterocycles. The van der Waals surface area contributed by atoms with Crippen LogP contribution in [-0.2, 0) is 36.6 Å². The second kappa shape index (κ2) is 20.5. The molecule has 254 valence electrons. The number of phenolic OH excluding ortho intramolecular Hbond substituents is 1. The van der Waals surface area contributed by atoms with Crippen LogP contribution < -0.4 is 5.32 Å². The van der Waals surface area contributed by atoms with Gasteiger partial charge in [0.1, 0.15) is 17.8 Å². The van der Waals surface area contributed by atoms with Crippen LogP contribution in [0.5, 0.6) is 5.75 Å². The molecule has 16 nitrogen and oxygen atoms in total. The number of carboxylic acid groups (broad SMARTS) is 1. The zero-order valence-electron chi connectivity index (χ0n) is 24.9. The van der Waals surface area contributed by atoms with E-state index in [0.717, 1.165) is 18.5 Å². The number of carbonyl (C=O) groups is 1. The Kier molecular flexibility index (Phi) is 17.6. The largest absolute Gasteiger partial charge is 1.00 e. The summed E-state index contributed by atoms with van der Waals surface area (Å²) >= 11 is 0.583. The average molecular weight is 745 g/mol. The summed E-state index contributed by atoms with van der Waals surface area (Å²) in [7, 11) is -2.71. The summed E-state index contributed by atoms with van der Waals surface area (Å²) in [5, 5.41) is 46.3. The van der Waals surface area contributed by atoms with E-state index in [1.807, 2.05) is 0 Å². The summed E-state index contributed by atoms with van der Waals surface area (Å²) < 4.78 is 58.2. The molecule has 0 saturated carbocycles. The SMILES string of the molecule is CF.CNc1cc(S(=O)(=O)O)cc([N-]N=C(N=Nc2cc(SOOO)ccc2C(=O)O)c2ccccc2)c1O.Fc1ccncn1.[Cu+].[H+]. The summed E-state index contributed by atoms with van der Waals surface area (Å²) in [6, 6.07) is 15.3. The van der Waals surface area contributed by atoms with Crippen molar-refractivity contribution in [3.8, 4) is 5.75 Å². The molecule has 0 radical (unpaired) electrons. The Morgan fingerprint density at radius 2 is 1.81 bits per heavy atom. The van der Waals surface area contributed by atoms with Crippen molar-refractivity contribution >= 4 is 51.0 Å². The Morgan fingerprint density at radius 1 is 1.11 bits per heavy atom. The maximum atomic E-state index is 11.8. The third-order valence-electron chi connectivity index (χ3n) is 5.07. The van der Waals surface area contributed by atoms with E-state index in [1.54, 1.807) is 30.3 Å². The number of nitrogens with one attached hydrogen (secondary N) is 1. The van der Waals surface area contributed by atoms with Gasteiger partial charge in [0.2, 0.25) is 5.95 Å². The summed E-state index contributed by atoms with van der Waals surface area (Å²) in [4.78, 5) is 18.1. The molecule has 1 heterocycles. The molecule has 4 rings (SSSR count). The normalized spacial score (nSPS) is 10.9. The van der Waals surface area contributed by atoms with Crippen LogP contribution in [0.25, 0.3) is 5.43 Å². The molecule has 0 saturated heterocycles. The number of rotatable bonds is 10. The fourth-order valence-corrected chi connectivity index (χ4v) is 4.01. The second-order valence-electron chi connectivity index (χ2n) is 7.90. The number of phenols is 1. The van der Waals surface area contributed by atoms with E-state index in [-0.39, 0.29) is 47.0 Å². The number of halogens is 2. The number of azo groups is 1. The molecular weight excluding hydrogens is 720 g/mol. The molecule has 0 spiro atoms. The van der Waals surface area contributed by atoms with Crippen molar-refractivity contribution in [1.82, 2.24) is 9.97 Å². The first-order chi connectivity index (χ1) is 22.0. The number of hydrogen-bond donors (Lipinski definition) is 5. The fraction of sp³-hybridized carbons (Fsp3) is 0.0769. The van der Waals surface area contributed by atoms with Crippen molar-refractivity contribution in [1.29, 1.82) is 0 Å². The Hall–Kier alpha value is -4.60. The summed E-state index contributed by atoms with van der Waals surface area (Å²) in [5.41, 5.74) is 3.61. The maximum Gasteiger partial charge on any atom is 1.00 e. The fourth-order valence-electron chi connectivity index (χ4n) is 3.09. The van der Waals surface area contributed by atoms with Gasteiger partial charge in [-0.25, -0.2) is 20.0 Å². The first kappa shape index (κ1) is 40.4. The van der Waals surface area contributed by atoms with Gasteiger partial charge in [0.05, 0.1) is 35.4 Å². The number of aromatic hydroxyl groups is 1. The third-order valence-corrected chi connectivity index (χ3v) is 6.48. The molecular formula is C26H25CuF2N7O9S2+. The van der Waals surface area contributed by atoms with Crippen molar-refractivity contribution in [2.24, 2.45) is 15.3 Å². The molecule has 0 bridgehead atoms. The molecule has 0 atom stereocenters. The molecule has 4 aromatic rings. The van der Waals surface area contributed by atoms with Crippen LogP contribution in [0.3, 0.4) is 0 Å². The van der Waals surface area contributed by atoms with E-state index in [1.165, 1.54) is 37.5 Å². The van der Waals surface area contributed by atoms with Gasteiger partial charge in [-0.15, -0.1) is 14.6 Å². The Labute approximate surface area is 282 Å². The topological polar surface area (TPSA) is 240 Å². The summed E-state index contributed by atoms with van der Waals surface area (Å²) in [5.74, 6) is -2.37. The molecule has 3 aromatic carbocycles. The molecule has 5 N–H and O–H groups in total. The smallest absolute Gasteiger partial charge is 0.571 e. The maximum absolute atomic E-state index is 11.8.